The lowest BCUT2D eigenvalue weighted by Gasteiger charge is -2.15. The molecule has 0 aliphatic carbocycles. The molecule has 1 aromatic carbocycles. The highest BCUT2D eigenvalue weighted by atomic mass is 35.5. The number of benzene rings is 1. The van der Waals surface area contributed by atoms with Gasteiger partial charge in [0.1, 0.15) is 11.6 Å². The first-order valence-corrected chi connectivity index (χ1v) is 4.78. The molecule has 0 radical (unpaired) electrons. The van der Waals surface area contributed by atoms with E-state index < -0.39 is 0 Å². The van der Waals surface area contributed by atoms with Gasteiger partial charge in [-0.3, -0.25) is 0 Å². The highest BCUT2D eigenvalue weighted by Gasteiger charge is 2.12. The van der Waals surface area contributed by atoms with E-state index in [1.807, 2.05) is 6.92 Å². The summed E-state index contributed by atoms with van der Waals surface area (Å²) in [5.74, 6) is 0.168. The van der Waals surface area contributed by atoms with Crippen LogP contribution in [0.25, 0.3) is 0 Å². The Morgan fingerprint density at radius 1 is 1.56 bits per heavy atom. The van der Waals surface area contributed by atoms with Crippen LogP contribution in [0.5, 0.6) is 5.75 Å². The standard InChI is InChI=1S/C12H16FNO.ClH/c1-8(2)6-11(14)10-5-4-9(13)7-12(10)15-3;/h4-5,7,11H,1,6,14H2,2-3H3;1H/t11-;/m0./s1. The Bertz CT molecular complexity index is 368. The molecule has 0 heterocycles. The van der Waals surface area contributed by atoms with E-state index in [0.717, 1.165) is 11.1 Å². The molecule has 0 fully saturated rings. The van der Waals surface area contributed by atoms with Crippen LogP contribution in [0.15, 0.2) is 30.4 Å². The zero-order chi connectivity index (χ0) is 11.4. The van der Waals surface area contributed by atoms with Crippen LogP contribution in [0.3, 0.4) is 0 Å². The van der Waals surface area contributed by atoms with Gasteiger partial charge in [-0.25, -0.2) is 4.39 Å². The second-order valence-corrected chi connectivity index (χ2v) is 3.65. The highest BCUT2D eigenvalue weighted by molar-refractivity contribution is 5.85. The normalized spacial score (nSPS) is 11.5. The van der Waals surface area contributed by atoms with Gasteiger partial charge >= 0.3 is 0 Å². The van der Waals surface area contributed by atoms with Gasteiger partial charge in [0.2, 0.25) is 0 Å². The van der Waals surface area contributed by atoms with Gasteiger partial charge in [-0.05, 0) is 19.4 Å². The summed E-state index contributed by atoms with van der Waals surface area (Å²) in [5.41, 5.74) is 7.76. The lowest BCUT2D eigenvalue weighted by atomic mass is 10.0. The van der Waals surface area contributed by atoms with Crippen molar-refractivity contribution in [3.63, 3.8) is 0 Å². The van der Waals surface area contributed by atoms with Gasteiger partial charge in [-0.15, -0.1) is 19.0 Å². The van der Waals surface area contributed by atoms with E-state index in [1.54, 1.807) is 6.07 Å². The van der Waals surface area contributed by atoms with E-state index in [9.17, 15) is 4.39 Å². The Kier molecular flexibility index (Phi) is 6.08. The average molecular weight is 246 g/mol. The third-order valence-corrected chi connectivity index (χ3v) is 2.16. The lowest BCUT2D eigenvalue weighted by molar-refractivity contribution is 0.402. The zero-order valence-electron chi connectivity index (χ0n) is 9.50. The maximum Gasteiger partial charge on any atom is 0.126 e. The van der Waals surface area contributed by atoms with E-state index in [4.69, 9.17) is 10.5 Å². The average Bonchev–Trinajstić information content (AvgIpc) is 2.16. The monoisotopic (exact) mass is 245 g/mol. The molecule has 0 amide bonds. The number of ether oxygens (including phenoxy) is 1. The Morgan fingerprint density at radius 3 is 2.69 bits per heavy atom. The van der Waals surface area contributed by atoms with Gasteiger partial charge < -0.3 is 10.5 Å². The maximum absolute atomic E-state index is 12.9. The number of hydrogen-bond donors (Lipinski definition) is 1. The molecule has 1 rings (SSSR count). The van der Waals surface area contributed by atoms with Crippen molar-refractivity contribution in [2.45, 2.75) is 19.4 Å². The summed E-state index contributed by atoms with van der Waals surface area (Å²) in [4.78, 5) is 0. The largest absolute Gasteiger partial charge is 0.496 e. The highest BCUT2D eigenvalue weighted by Crippen LogP contribution is 2.27. The van der Waals surface area contributed by atoms with Crippen molar-refractivity contribution in [3.8, 4) is 5.75 Å². The molecule has 4 heteroatoms. The fourth-order valence-corrected chi connectivity index (χ4v) is 1.48. The van der Waals surface area contributed by atoms with Gasteiger partial charge in [0.25, 0.3) is 0 Å². The Hall–Kier alpha value is -1.06. The quantitative estimate of drug-likeness (QED) is 0.827. The first-order valence-electron chi connectivity index (χ1n) is 4.78. The minimum absolute atomic E-state index is 0. The molecule has 90 valence electrons. The van der Waals surface area contributed by atoms with Gasteiger partial charge in [-0.1, -0.05) is 11.6 Å². The van der Waals surface area contributed by atoms with Crippen LogP contribution in [0.4, 0.5) is 4.39 Å². The fraction of sp³-hybridized carbons (Fsp3) is 0.333. The molecule has 0 aliphatic heterocycles. The number of rotatable bonds is 4. The molecule has 0 bridgehead atoms. The number of methoxy groups -OCH3 is 1. The van der Waals surface area contributed by atoms with Crippen molar-refractivity contribution < 1.29 is 9.13 Å². The van der Waals surface area contributed by atoms with E-state index in [0.29, 0.717) is 12.2 Å². The molecule has 0 saturated heterocycles. The summed E-state index contributed by atoms with van der Waals surface area (Å²) in [6, 6.07) is 4.18. The smallest absolute Gasteiger partial charge is 0.126 e. The number of nitrogens with two attached hydrogens (primary N) is 1. The predicted octanol–water partition coefficient (Wildman–Crippen LogP) is 3.22. The van der Waals surface area contributed by atoms with Crippen LogP contribution in [-0.2, 0) is 0 Å². The molecule has 0 aliphatic rings. The molecule has 2 N–H and O–H groups in total. The zero-order valence-corrected chi connectivity index (χ0v) is 10.3. The third kappa shape index (κ3) is 3.83. The summed E-state index contributed by atoms with van der Waals surface area (Å²) < 4.78 is 18.0. The fourth-order valence-electron chi connectivity index (χ4n) is 1.48. The third-order valence-electron chi connectivity index (χ3n) is 2.16. The summed E-state index contributed by atoms with van der Waals surface area (Å²) in [7, 11) is 1.51. The van der Waals surface area contributed by atoms with Crippen molar-refractivity contribution in [1.82, 2.24) is 0 Å². The maximum atomic E-state index is 12.9. The van der Waals surface area contributed by atoms with Crippen molar-refractivity contribution in [1.29, 1.82) is 0 Å². The van der Waals surface area contributed by atoms with Gasteiger partial charge in [-0.2, -0.15) is 0 Å². The van der Waals surface area contributed by atoms with Crippen molar-refractivity contribution in [2.24, 2.45) is 5.73 Å². The van der Waals surface area contributed by atoms with Crippen LogP contribution >= 0.6 is 12.4 Å². The van der Waals surface area contributed by atoms with Crippen LogP contribution in [0.1, 0.15) is 24.9 Å². The van der Waals surface area contributed by atoms with Gasteiger partial charge in [0, 0.05) is 17.7 Å². The van der Waals surface area contributed by atoms with E-state index in [1.165, 1.54) is 19.2 Å². The Balaban J connectivity index is 0.00000225. The van der Waals surface area contributed by atoms with E-state index >= 15 is 0 Å². The minimum atomic E-state index is -0.321. The Morgan fingerprint density at radius 2 is 2.19 bits per heavy atom. The summed E-state index contributed by atoms with van der Waals surface area (Å²) in [5, 5.41) is 0. The topological polar surface area (TPSA) is 35.2 Å². The Labute approximate surface area is 102 Å². The van der Waals surface area contributed by atoms with Crippen LogP contribution in [0, 0.1) is 5.82 Å². The minimum Gasteiger partial charge on any atom is -0.496 e. The molecule has 0 unspecified atom stereocenters. The van der Waals surface area contributed by atoms with Crippen molar-refractivity contribution in [3.05, 3.63) is 41.7 Å². The molecular formula is C12H17ClFNO. The van der Waals surface area contributed by atoms with Gasteiger partial charge in [0.15, 0.2) is 0 Å². The van der Waals surface area contributed by atoms with Crippen LogP contribution in [-0.4, -0.2) is 7.11 Å². The van der Waals surface area contributed by atoms with Crippen molar-refractivity contribution in [2.75, 3.05) is 7.11 Å². The molecule has 1 atom stereocenters. The van der Waals surface area contributed by atoms with E-state index in [2.05, 4.69) is 6.58 Å². The second kappa shape index (κ2) is 6.51. The molecule has 0 aromatic heterocycles. The second-order valence-electron chi connectivity index (χ2n) is 3.65. The first kappa shape index (κ1) is 14.9. The number of halogens is 2. The van der Waals surface area contributed by atoms with Crippen molar-refractivity contribution >= 4 is 12.4 Å². The molecule has 2 nitrogen and oxygen atoms in total. The molecule has 16 heavy (non-hydrogen) atoms. The van der Waals surface area contributed by atoms with Crippen LogP contribution in [0.2, 0.25) is 0 Å². The summed E-state index contributed by atoms with van der Waals surface area (Å²) in [6.45, 7) is 5.71. The van der Waals surface area contributed by atoms with Crippen LogP contribution < -0.4 is 10.5 Å². The number of hydrogen-bond acceptors (Lipinski definition) is 2. The molecule has 0 spiro atoms. The molecular weight excluding hydrogens is 229 g/mol. The SMILES string of the molecule is C=C(C)C[C@H](N)c1ccc(F)cc1OC.Cl. The molecule has 1 aromatic rings. The van der Waals surface area contributed by atoms with E-state index in [-0.39, 0.29) is 24.3 Å². The summed E-state index contributed by atoms with van der Waals surface area (Å²) >= 11 is 0. The first-order chi connectivity index (χ1) is 7.04. The predicted molar refractivity (Wildman–Crippen MR) is 66.6 cm³/mol. The lowest BCUT2D eigenvalue weighted by Crippen LogP contribution is -2.11. The summed E-state index contributed by atoms with van der Waals surface area (Å²) in [6.07, 6.45) is 0.669. The molecule has 0 saturated carbocycles. The van der Waals surface area contributed by atoms with Gasteiger partial charge in [0.05, 0.1) is 7.11 Å².